The summed E-state index contributed by atoms with van der Waals surface area (Å²) in [5.74, 6) is 0.255. The minimum absolute atomic E-state index is 0.159. The van der Waals surface area contributed by atoms with Crippen LogP contribution >= 0.6 is 23.4 Å². The molecule has 0 saturated carbocycles. The third-order valence-electron chi connectivity index (χ3n) is 4.06. The summed E-state index contributed by atoms with van der Waals surface area (Å²) in [4.78, 5) is 20.7. The van der Waals surface area contributed by atoms with E-state index in [9.17, 15) is 13.6 Å². The molecule has 3 rings (SSSR count). The van der Waals surface area contributed by atoms with Gasteiger partial charge in [0.15, 0.2) is 0 Å². The molecule has 0 aromatic heterocycles. The number of amides is 2. The molecule has 1 atom stereocenters. The number of rotatable bonds is 5. The maximum atomic E-state index is 12.9. The summed E-state index contributed by atoms with van der Waals surface area (Å²) in [6.07, 6.45) is 1.54. The Morgan fingerprint density at radius 1 is 1.34 bits per heavy atom. The van der Waals surface area contributed by atoms with E-state index in [1.165, 1.54) is 0 Å². The molecule has 154 valence electrons. The minimum Gasteiger partial charge on any atom is -0.352 e. The fourth-order valence-corrected chi connectivity index (χ4v) is 3.80. The highest BCUT2D eigenvalue weighted by molar-refractivity contribution is 8.17. The molecule has 1 aromatic rings. The van der Waals surface area contributed by atoms with Crippen molar-refractivity contribution in [3.63, 3.8) is 0 Å². The number of halogens is 3. The third kappa shape index (κ3) is 6.04. The van der Waals surface area contributed by atoms with Crippen molar-refractivity contribution < 1.29 is 13.6 Å². The average molecular weight is 440 g/mol. The first kappa shape index (κ1) is 21.3. The molecule has 0 bridgehead atoms. The quantitative estimate of drug-likeness (QED) is 0.477. The van der Waals surface area contributed by atoms with E-state index in [1.807, 2.05) is 18.2 Å². The summed E-state index contributed by atoms with van der Waals surface area (Å²) in [7, 11) is 0. The molecule has 1 aliphatic heterocycles. The zero-order chi connectivity index (χ0) is 20.8. The summed E-state index contributed by atoms with van der Waals surface area (Å²) < 4.78 is 25.8. The van der Waals surface area contributed by atoms with Gasteiger partial charge in [-0.2, -0.15) is 4.99 Å². The van der Waals surface area contributed by atoms with E-state index in [-0.39, 0.29) is 17.0 Å². The van der Waals surface area contributed by atoms with E-state index in [0.29, 0.717) is 30.2 Å². The Balaban J connectivity index is 1.68. The molecule has 2 amide bonds. The molecule has 29 heavy (non-hydrogen) atoms. The van der Waals surface area contributed by atoms with Gasteiger partial charge in [0.25, 0.3) is 6.43 Å². The summed E-state index contributed by atoms with van der Waals surface area (Å²) >= 11 is 6.89. The van der Waals surface area contributed by atoms with Gasteiger partial charge in [-0.05, 0) is 37.1 Å². The molecule has 10 heteroatoms. The summed E-state index contributed by atoms with van der Waals surface area (Å²) in [5.41, 5.74) is 1.62. The van der Waals surface area contributed by atoms with Crippen molar-refractivity contribution in [3.8, 4) is 0 Å². The zero-order valence-corrected chi connectivity index (χ0v) is 17.2. The van der Waals surface area contributed by atoms with Gasteiger partial charge in [0, 0.05) is 28.7 Å². The lowest BCUT2D eigenvalue weighted by molar-refractivity contribution is 0.229. The van der Waals surface area contributed by atoms with Crippen LogP contribution < -0.4 is 16.0 Å². The van der Waals surface area contributed by atoms with E-state index < -0.39 is 12.5 Å². The Kier molecular flexibility index (Phi) is 7.27. The smallest absolute Gasteiger partial charge is 0.344 e. The molecular formula is C19H20ClF2N5OS. The second kappa shape index (κ2) is 9.89. The number of nitrogens with one attached hydrogen (secondary N) is 3. The Morgan fingerprint density at radius 3 is 2.79 bits per heavy atom. The number of hydrogen-bond acceptors (Lipinski definition) is 3. The van der Waals surface area contributed by atoms with Crippen LogP contribution in [0.3, 0.4) is 0 Å². The topological polar surface area (TPSA) is 77.9 Å². The van der Waals surface area contributed by atoms with Crippen LogP contribution in [0.15, 0.2) is 57.0 Å². The van der Waals surface area contributed by atoms with Gasteiger partial charge < -0.3 is 16.0 Å². The maximum Gasteiger partial charge on any atom is 0.344 e. The lowest BCUT2D eigenvalue weighted by Gasteiger charge is -2.18. The fourth-order valence-electron chi connectivity index (χ4n) is 2.69. The van der Waals surface area contributed by atoms with Crippen molar-refractivity contribution in [2.45, 2.75) is 32.4 Å². The van der Waals surface area contributed by atoms with E-state index in [1.54, 1.807) is 25.1 Å². The molecule has 1 unspecified atom stereocenters. The lowest BCUT2D eigenvalue weighted by Crippen LogP contribution is -2.38. The molecule has 0 spiro atoms. The van der Waals surface area contributed by atoms with Crippen molar-refractivity contribution in [1.82, 2.24) is 16.0 Å². The Labute approximate surface area is 176 Å². The lowest BCUT2D eigenvalue weighted by atomic mass is 10.1. The predicted molar refractivity (Wildman–Crippen MR) is 114 cm³/mol. The van der Waals surface area contributed by atoms with Crippen LogP contribution in [0.4, 0.5) is 13.6 Å². The Bertz CT molecular complexity index is 883. The Hall–Kier alpha value is -2.39. The number of carbonyl (C=O) groups excluding carboxylic acids is 1. The van der Waals surface area contributed by atoms with Crippen molar-refractivity contribution in [2.75, 3.05) is 6.54 Å². The fraction of sp³-hybridized carbons (Fsp3) is 0.316. The van der Waals surface area contributed by atoms with Gasteiger partial charge in [-0.1, -0.05) is 41.6 Å². The molecule has 1 aromatic carbocycles. The number of fused-ring (bicyclic) bond motifs is 1. The zero-order valence-electron chi connectivity index (χ0n) is 15.6. The number of nitrogens with zero attached hydrogens (tertiary/aromatic N) is 2. The molecule has 0 saturated heterocycles. The van der Waals surface area contributed by atoms with Crippen LogP contribution in [0.1, 0.15) is 18.9 Å². The molecule has 1 aliphatic carbocycles. The highest BCUT2D eigenvalue weighted by Crippen LogP contribution is 2.38. The molecule has 3 N–H and O–H groups in total. The maximum absolute atomic E-state index is 12.9. The first-order chi connectivity index (χ1) is 13.9. The molecule has 6 nitrogen and oxygen atoms in total. The SMILES string of the molecule is CCNC(=O)/N=C(\NCc1ccc(Cl)cc1)NC1=CCC2N=C(C(F)F)SC2=C1. The van der Waals surface area contributed by atoms with Crippen LogP contribution in [0.5, 0.6) is 0 Å². The van der Waals surface area contributed by atoms with Gasteiger partial charge in [0.1, 0.15) is 5.04 Å². The molecule has 0 radical (unpaired) electrons. The number of thioether (sulfide) groups is 1. The van der Waals surface area contributed by atoms with Crippen molar-refractivity contribution >= 4 is 40.4 Å². The van der Waals surface area contributed by atoms with Crippen molar-refractivity contribution in [3.05, 3.63) is 57.6 Å². The standard InChI is InChI=1S/C19H20ClF2N5OS/c1-2-23-19(28)27-18(24-10-11-3-5-12(20)6-4-11)25-13-7-8-14-15(9-13)29-17(26-14)16(21)22/h3-7,9,14,16H,2,8,10H2,1H3,(H3,23,24,25,27,28). The molecule has 0 fully saturated rings. The summed E-state index contributed by atoms with van der Waals surface area (Å²) in [6, 6.07) is 6.53. The second-order valence-corrected chi connectivity index (χ2v) is 7.76. The largest absolute Gasteiger partial charge is 0.352 e. The van der Waals surface area contributed by atoms with Gasteiger partial charge in [-0.25, -0.2) is 13.6 Å². The van der Waals surface area contributed by atoms with Crippen LogP contribution in [-0.2, 0) is 6.54 Å². The van der Waals surface area contributed by atoms with Crippen molar-refractivity contribution in [2.24, 2.45) is 9.98 Å². The predicted octanol–water partition coefficient (Wildman–Crippen LogP) is 4.06. The first-order valence-electron chi connectivity index (χ1n) is 9.02. The van der Waals surface area contributed by atoms with Gasteiger partial charge >= 0.3 is 6.03 Å². The molecular weight excluding hydrogens is 420 g/mol. The van der Waals surface area contributed by atoms with Crippen molar-refractivity contribution in [1.29, 1.82) is 0 Å². The first-order valence-corrected chi connectivity index (χ1v) is 10.2. The number of urea groups is 1. The van der Waals surface area contributed by atoms with E-state index >= 15 is 0 Å². The summed E-state index contributed by atoms with van der Waals surface area (Å²) in [5, 5.41) is 9.24. The van der Waals surface area contributed by atoms with Gasteiger partial charge in [-0.3, -0.25) is 4.99 Å². The monoisotopic (exact) mass is 439 g/mol. The number of benzene rings is 1. The highest BCUT2D eigenvalue weighted by atomic mass is 35.5. The van der Waals surface area contributed by atoms with Crippen LogP contribution in [-0.4, -0.2) is 36.0 Å². The number of allylic oxidation sites excluding steroid dienone is 1. The highest BCUT2D eigenvalue weighted by Gasteiger charge is 2.30. The normalized spacial score (nSPS) is 18.6. The number of hydrogen-bond donors (Lipinski definition) is 3. The van der Waals surface area contributed by atoms with Gasteiger partial charge in [0.05, 0.1) is 6.04 Å². The summed E-state index contributed by atoms with van der Waals surface area (Å²) in [6.45, 7) is 2.67. The third-order valence-corrected chi connectivity index (χ3v) is 5.43. The van der Waals surface area contributed by atoms with Gasteiger partial charge in [-0.15, -0.1) is 0 Å². The van der Waals surface area contributed by atoms with Crippen LogP contribution in [0, 0.1) is 0 Å². The number of carbonyl (C=O) groups is 1. The second-order valence-electron chi connectivity index (χ2n) is 6.23. The average Bonchev–Trinajstić information content (AvgIpc) is 3.11. The minimum atomic E-state index is -2.57. The number of aliphatic imine (C=N–C) groups is 2. The van der Waals surface area contributed by atoms with E-state index in [0.717, 1.165) is 22.2 Å². The van der Waals surface area contributed by atoms with E-state index in [2.05, 4.69) is 25.9 Å². The molecule has 2 aliphatic rings. The van der Waals surface area contributed by atoms with Crippen LogP contribution in [0.25, 0.3) is 0 Å². The number of alkyl halides is 2. The van der Waals surface area contributed by atoms with Crippen LogP contribution in [0.2, 0.25) is 5.02 Å². The number of guanidine groups is 1. The molecule has 1 heterocycles. The van der Waals surface area contributed by atoms with E-state index in [4.69, 9.17) is 11.6 Å². The Morgan fingerprint density at radius 2 is 2.10 bits per heavy atom. The van der Waals surface area contributed by atoms with Gasteiger partial charge in [0.2, 0.25) is 5.96 Å².